The van der Waals surface area contributed by atoms with E-state index in [1.54, 1.807) is 25.1 Å². The van der Waals surface area contributed by atoms with E-state index in [-0.39, 0.29) is 11.8 Å². The number of halogens is 3. The van der Waals surface area contributed by atoms with E-state index < -0.39 is 11.9 Å². The van der Waals surface area contributed by atoms with Crippen LogP contribution in [0.5, 0.6) is 11.5 Å². The van der Waals surface area contributed by atoms with Gasteiger partial charge in [-0.25, -0.2) is 4.98 Å². The van der Waals surface area contributed by atoms with Crippen molar-refractivity contribution in [1.82, 2.24) is 9.97 Å². The minimum Gasteiger partial charge on any atom is -0.497 e. The van der Waals surface area contributed by atoms with Gasteiger partial charge in [-0.1, -0.05) is 0 Å². The van der Waals surface area contributed by atoms with Gasteiger partial charge in [-0.3, -0.25) is 0 Å². The number of methoxy groups -OCH3 is 2. The Bertz CT molecular complexity index is 685. The van der Waals surface area contributed by atoms with Gasteiger partial charge >= 0.3 is 6.18 Å². The fourth-order valence-electron chi connectivity index (χ4n) is 1.92. The normalized spacial score (nSPS) is 11.1. The molecule has 0 amide bonds. The molecule has 0 aliphatic heterocycles. The number of benzene rings is 1. The lowest BCUT2D eigenvalue weighted by Crippen LogP contribution is -2.13. The molecule has 0 atom stereocenters. The summed E-state index contributed by atoms with van der Waals surface area (Å²) >= 11 is 0. The van der Waals surface area contributed by atoms with E-state index in [0.717, 1.165) is 6.07 Å². The van der Waals surface area contributed by atoms with Gasteiger partial charge in [0.25, 0.3) is 0 Å². The van der Waals surface area contributed by atoms with Crippen molar-refractivity contribution in [2.75, 3.05) is 31.4 Å². The Balaban J connectivity index is 2.39. The Hall–Kier alpha value is -2.71. The molecule has 0 bridgehead atoms. The summed E-state index contributed by atoms with van der Waals surface area (Å²) in [6.07, 6.45) is -4.57. The molecule has 1 heterocycles. The van der Waals surface area contributed by atoms with E-state index in [1.165, 1.54) is 14.2 Å². The third-order valence-electron chi connectivity index (χ3n) is 2.98. The molecule has 130 valence electrons. The summed E-state index contributed by atoms with van der Waals surface area (Å²) in [5, 5.41) is 5.49. The summed E-state index contributed by atoms with van der Waals surface area (Å²) in [6.45, 7) is 2.14. The zero-order chi connectivity index (χ0) is 17.7. The second-order valence-corrected chi connectivity index (χ2v) is 4.72. The molecule has 1 aromatic carbocycles. The van der Waals surface area contributed by atoms with Gasteiger partial charge in [-0.05, 0) is 6.92 Å². The zero-order valence-corrected chi connectivity index (χ0v) is 13.4. The first-order valence-corrected chi connectivity index (χ1v) is 7.06. The van der Waals surface area contributed by atoms with Crippen LogP contribution in [0.25, 0.3) is 0 Å². The third kappa shape index (κ3) is 4.40. The molecule has 0 unspecified atom stereocenters. The second-order valence-electron chi connectivity index (χ2n) is 4.72. The average molecular weight is 342 g/mol. The van der Waals surface area contributed by atoms with E-state index in [2.05, 4.69) is 20.6 Å². The molecule has 1 aromatic heterocycles. The number of nitrogens with one attached hydrogen (secondary N) is 2. The highest BCUT2D eigenvalue weighted by Gasteiger charge is 2.33. The van der Waals surface area contributed by atoms with Crippen molar-refractivity contribution in [3.8, 4) is 11.5 Å². The first kappa shape index (κ1) is 17.6. The van der Waals surface area contributed by atoms with Crippen LogP contribution in [0.2, 0.25) is 0 Å². The summed E-state index contributed by atoms with van der Waals surface area (Å²) in [4.78, 5) is 7.49. The van der Waals surface area contributed by atoms with Crippen LogP contribution in [0.3, 0.4) is 0 Å². The highest BCUT2D eigenvalue weighted by atomic mass is 19.4. The van der Waals surface area contributed by atoms with Gasteiger partial charge in [0.1, 0.15) is 17.3 Å². The summed E-state index contributed by atoms with van der Waals surface area (Å²) in [6, 6.07) is 5.72. The lowest BCUT2D eigenvalue weighted by atomic mass is 10.2. The van der Waals surface area contributed by atoms with E-state index in [0.29, 0.717) is 23.7 Å². The molecule has 2 rings (SSSR count). The first-order chi connectivity index (χ1) is 11.4. The minimum absolute atomic E-state index is 0.00332. The average Bonchev–Trinajstić information content (AvgIpc) is 2.53. The molecule has 24 heavy (non-hydrogen) atoms. The summed E-state index contributed by atoms with van der Waals surface area (Å²) < 4.78 is 49.2. The van der Waals surface area contributed by atoms with Gasteiger partial charge < -0.3 is 20.1 Å². The lowest BCUT2D eigenvalue weighted by Gasteiger charge is -2.13. The van der Waals surface area contributed by atoms with Crippen LogP contribution in [0, 0.1) is 0 Å². The molecule has 6 nitrogen and oxygen atoms in total. The molecule has 0 aliphatic carbocycles. The predicted octanol–water partition coefficient (Wildman–Crippen LogP) is 3.69. The molecule has 9 heteroatoms. The SMILES string of the molecule is CCNc1nc(Nc2cc(OC)cc(OC)c2)cc(C(F)(F)F)n1. The largest absolute Gasteiger partial charge is 0.497 e. The maximum absolute atomic E-state index is 13.0. The van der Waals surface area contributed by atoms with E-state index >= 15 is 0 Å². The van der Waals surface area contributed by atoms with Gasteiger partial charge in [0.2, 0.25) is 5.95 Å². The quantitative estimate of drug-likeness (QED) is 0.834. The van der Waals surface area contributed by atoms with Crippen LogP contribution in [0.15, 0.2) is 24.3 Å². The van der Waals surface area contributed by atoms with E-state index in [1.807, 2.05) is 0 Å². The van der Waals surface area contributed by atoms with Crippen molar-refractivity contribution in [1.29, 1.82) is 0 Å². The number of hydrogen-bond donors (Lipinski definition) is 2. The number of ether oxygens (including phenoxy) is 2. The number of rotatable bonds is 6. The third-order valence-corrected chi connectivity index (χ3v) is 2.98. The van der Waals surface area contributed by atoms with Crippen LogP contribution >= 0.6 is 0 Å². The molecule has 0 fully saturated rings. The maximum atomic E-state index is 13.0. The Labute approximate surface area is 137 Å². The maximum Gasteiger partial charge on any atom is 0.433 e. The Morgan fingerprint density at radius 3 is 2.12 bits per heavy atom. The smallest absolute Gasteiger partial charge is 0.433 e. The first-order valence-electron chi connectivity index (χ1n) is 7.06. The molecule has 2 N–H and O–H groups in total. The van der Waals surface area contributed by atoms with Gasteiger partial charge in [-0.2, -0.15) is 18.2 Å². The van der Waals surface area contributed by atoms with Crippen molar-refractivity contribution >= 4 is 17.5 Å². The fourth-order valence-corrected chi connectivity index (χ4v) is 1.92. The van der Waals surface area contributed by atoms with Crippen LogP contribution in [0.4, 0.5) is 30.6 Å². The molecule has 0 aliphatic rings. The van der Waals surface area contributed by atoms with Gasteiger partial charge in [0.15, 0.2) is 5.69 Å². The molecule has 0 saturated carbocycles. The molecular formula is C15H17F3N4O2. The summed E-state index contributed by atoms with van der Waals surface area (Å²) in [7, 11) is 2.96. The highest BCUT2D eigenvalue weighted by Crippen LogP contribution is 2.32. The number of aromatic nitrogens is 2. The van der Waals surface area contributed by atoms with Crippen LogP contribution in [-0.2, 0) is 6.18 Å². The number of alkyl halides is 3. The van der Waals surface area contributed by atoms with Crippen LogP contribution in [0.1, 0.15) is 12.6 Å². The fraction of sp³-hybridized carbons (Fsp3) is 0.333. The Kier molecular flexibility index (Phi) is 5.32. The monoisotopic (exact) mass is 342 g/mol. The number of anilines is 3. The summed E-state index contributed by atoms with van der Waals surface area (Å²) in [5.41, 5.74) is -0.564. The second kappa shape index (κ2) is 7.24. The van der Waals surface area contributed by atoms with Gasteiger partial charge in [-0.15, -0.1) is 0 Å². The molecule has 0 radical (unpaired) electrons. The molecule has 2 aromatic rings. The van der Waals surface area contributed by atoms with Crippen LogP contribution in [-0.4, -0.2) is 30.7 Å². The number of nitrogens with zero attached hydrogens (tertiary/aromatic N) is 2. The van der Waals surface area contributed by atoms with Crippen molar-refractivity contribution in [3.05, 3.63) is 30.0 Å². The molecule has 0 spiro atoms. The zero-order valence-electron chi connectivity index (χ0n) is 13.4. The van der Waals surface area contributed by atoms with Gasteiger partial charge in [0, 0.05) is 36.5 Å². The molecule has 0 saturated heterocycles. The van der Waals surface area contributed by atoms with E-state index in [4.69, 9.17) is 9.47 Å². The standard InChI is InChI=1S/C15H17F3N4O2/c1-4-19-14-21-12(15(16,17)18)8-13(22-14)20-9-5-10(23-2)7-11(6-9)24-3/h5-8H,4H2,1-3H3,(H2,19,20,21,22). The minimum atomic E-state index is -4.57. The Morgan fingerprint density at radius 1 is 1.00 bits per heavy atom. The van der Waals surface area contributed by atoms with Crippen molar-refractivity contribution in [2.24, 2.45) is 0 Å². The Morgan fingerprint density at radius 2 is 1.62 bits per heavy atom. The van der Waals surface area contributed by atoms with E-state index in [9.17, 15) is 13.2 Å². The topological polar surface area (TPSA) is 68.3 Å². The lowest BCUT2D eigenvalue weighted by molar-refractivity contribution is -0.141. The van der Waals surface area contributed by atoms with Gasteiger partial charge in [0.05, 0.1) is 14.2 Å². The highest BCUT2D eigenvalue weighted by molar-refractivity contribution is 5.62. The molecular weight excluding hydrogens is 325 g/mol. The number of hydrogen-bond acceptors (Lipinski definition) is 6. The van der Waals surface area contributed by atoms with Crippen molar-refractivity contribution in [3.63, 3.8) is 0 Å². The summed E-state index contributed by atoms with van der Waals surface area (Å²) in [5.74, 6) is 0.885. The van der Waals surface area contributed by atoms with Crippen LogP contribution < -0.4 is 20.1 Å². The predicted molar refractivity (Wildman–Crippen MR) is 84.0 cm³/mol. The van der Waals surface area contributed by atoms with Crippen molar-refractivity contribution in [2.45, 2.75) is 13.1 Å². The van der Waals surface area contributed by atoms with Crippen molar-refractivity contribution < 1.29 is 22.6 Å².